The van der Waals surface area contributed by atoms with Crippen LogP contribution in [0.3, 0.4) is 0 Å². The van der Waals surface area contributed by atoms with Gasteiger partial charge in [0.15, 0.2) is 0 Å². The molecule has 0 atom stereocenters. The average Bonchev–Trinajstić information content (AvgIpc) is 2.26. The lowest BCUT2D eigenvalue weighted by atomic mass is 10.4. The number of rotatable bonds is 3. The normalized spacial score (nSPS) is 9.64. The minimum Gasteiger partial charge on any atom is -0.305 e. The van der Waals surface area contributed by atoms with Gasteiger partial charge in [-0.15, -0.1) is 11.3 Å². The molecule has 1 rings (SSSR count). The Morgan fingerprint density at radius 2 is 2.55 bits per heavy atom. The minimum absolute atomic E-state index is 0.668. The zero-order chi connectivity index (χ0) is 8.27. The van der Waals surface area contributed by atoms with E-state index >= 15 is 0 Å². The highest BCUT2D eigenvalue weighted by atomic mass is 35.5. The van der Waals surface area contributed by atoms with Crippen LogP contribution in [0, 0.1) is 6.92 Å². The molecule has 1 aromatic heterocycles. The van der Waals surface area contributed by atoms with E-state index in [2.05, 4.69) is 17.2 Å². The maximum atomic E-state index is 5.89. The highest BCUT2D eigenvalue weighted by Gasteiger charge is 2.02. The molecule has 0 aliphatic carbocycles. The van der Waals surface area contributed by atoms with E-state index in [-0.39, 0.29) is 0 Å². The van der Waals surface area contributed by atoms with Gasteiger partial charge in [0, 0.05) is 16.5 Å². The van der Waals surface area contributed by atoms with Gasteiger partial charge >= 0.3 is 0 Å². The molecule has 0 aromatic carbocycles. The van der Waals surface area contributed by atoms with Crippen molar-refractivity contribution in [3.05, 3.63) is 20.8 Å². The first-order chi connectivity index (χ1) is 5.24. The molecule has 0 aliphatic rings. The lowest BCUT2D eigenvalue weighted by Crippen LogP contribution is -2.01. The third-order valence-electron chi connectivity index (χ3n) is 1.23. The van der Waals surface area contributed by atoms with Crippen molar-refractivity contribution in [3.63, 3.8) is 0 Å². The van der Waals surface area contributed by atoms with Crippen molar-refractivity contribution in [2.45, 2.75) is 13.5 Å². The van der Waals surface area contributed by atoms with Crippen LogP contribution in [0.1, 0.15) is 9.75 Å². The number of hydrogen-bond donors (Lipinski definition) is 1. The smallest absolute Gasteiger partial charge is 0.0687 e. The van der Waals surface area contributed by atoms with Gasteiger partial charge in [0.2, 0.25) is 0 Å². The van der Waals surface area contributed by atoms with Crippen LogP contribution in [0.5, 0.6) is 0 Å². The lowest BCUT2D eigenvalue weighted by molar-refractivity contribution is 0.761. The van der Waals surface area contributed by atoms with Crippen LogP contribution in [-0.2, 0) is 6.54 Å². The molecule has 60 valence electrons. The van der Waals surface area contributed by atoms with E-state index in [1.165, 1.54) is 4.88 Å². The summed E-state index contributed by atoms with van der Waals surface area (Å²) in [5.41, 5.74) is 2.76. The summed E-state index contributed by atoms with van der Waals surface area (Å²) >= 11 is 7.56. The molecule has 1 N–H and O–H groups in total. The van der Waals surface area contributed by atoms with Crippen molar-refractivity contribution >= 4 is 29.7 Å². The van der Waals surface area contributed by atoms with Crippen LogP contribution in [0.4, 0.5) is 0 Å². The quantitative estimate of drug-likeness (QED) is 0.572. The second-order valence-electron chi connectivity index (χ2n) is 2.12. The van der Waals surface area contributed by atoms with E-state index in [0.29, 0.717) is 6.54 Å². The highest BCUT2D eigenvalue weighted by Crippen LogP contribution is 2.25. The summed E-state index contributed by atoms with van der Waals surface area (Å²) in [5, 5.41) is 4.34. The Labute approximate surface area is 74.9 Å². The molecule has 0 unspecified atom stereocenters. The number of hydrogen-bond acceptors (Lipinski definition) is 3. The topological polar surface area (TPSA) is 24.4 Å². The molecular weight excluding hydrogens is 180 g/mol. The van der Waals surface area contributed by atoms with E-state index in [1.54, 1.807) is 11.3 Å². The van der Waals surface area contributed by atoms with Gasteiger partial charge < -0.3 is 5.43 Å². The standard InChI is InChI=1S/C7H9ClN2S/c1-5-3-6(8)7(11-5)4-10-9-2/h3,10H,2,4H2,1H3. The van der Waals surface area contributed by atoms with Crippen molar-refractivity contribution in [3.8, 4) is 0 Å². The monoisotopic (exact) mass is 188 g/mol. The van der Waals surface area contributed by atoms with E-state index in [9.17, 15) is 0 Å². The molecule has 0 saturated carbocycles. The van der Waals surface area contributed by atoms with Crippen LogP contribution in [0.15, 0.2) is 11.2 Å². The highest BCUT2D eigenvalue weighted by molar-refractivity contribution is 7.12. The predicted molar refractivity (Wildman–Crippen MR) is 50.5 cm³/mol. The fourth-order valence-electron chi connectivity index (χ4n) is 0.780. The molecule has 0 radical (unpaired) electrons. The van der Waals surface area contributed by atoms with E-state index in [0.717, 1.165) is 9.90 Å². The number of halogens is 1. The number of hydrazone groups is 1. The lowest BCUT2D eigenvalue weighted by Gasteiger charge is -1.95. The molecule has 0 fully saturated rings. The Balaban J connectivity index is 2.69. The van der Waals surface area contributed by atoms with Gasteiger partial charge in [-0.1, -0.05) is 11.6 Å². The first kappa shape index (κ1) is 8.56. The molecule has 1 aromatic rings. The Kier molecular flexibility index (Phi) is 2.91. The van der Waals surface area contributed by atoms with E-state index in [1.807, 2.05) is 13.0 Å². The minimum atomic E-state index is 0.668. The number of nitrogens with zero attached hydrogens (tertiary/aromatic N) is 1. The average molecular weight is 189 g/mol. The van der Waals surface area contributed by atoms with Crippen molar-refractivity contribution in [2.24, 2.45) is 5.10 Å². The molecule has 4 heteroatoms. The second-order valence-corrected chi connectivity index (χ2v) is 3.87. The molecule has 1 heterocycles. The van der Waals surface area contributed by atoms with Gasteiger partial charge in [-0.2, -0.15) is 5.10 Å². The molecule has 0 saturated heterocycles. The first-order valence-electron chi connectivity index (χ1n) is 3.17. The summed E-state index contributed by atoms with van der Waals surface area (Å²) in [4.78, 5) is 2.33. The van der Waals surface area contributed by atoms with Crippen LogP contribution >= 0.6 is 22.9 Å². The summed E-state index contributed by atoms with van der Waals surface area (Å²) < 4.78 is 0. The summed E-state index contributed by atoms with van der Waals surface area (Å²) in [7, 11) is 0. The summed E-state index contributed by atoms with van der Waals surface area (Å²) in [6.07, 6.45) is 0. The fraction of sp³-hybridized carbons (Fsp3) is 0.286. The summed E-state index contributed by atoms with van der Waals surface area (Å²) in [5.74, 6) is 0. The second kappa shape index (κ2) is 3.74. The van der Waals surface area contributed by atoms with Gasteiger partial charge in [0.05, 0.1) is 11.6 Å². The van der Waals surface area contributed by atoms with Gasteiger partial charge in [0.1, 0.15) is 0 Å². The third-order valence-corrected chi connectivity index (χ3v) is 2.73. The molecule has 2 nitrogen and oxygen atoms in total. The number of aryl methyl sites for hydroxylation is 1. The maximum absolute atomic E-state index is 5.89. The Hall–Kier alpha value is -0.540. The van der Waals surface area contributed by atoms with Crippen LogP contribution in [0.2, 0.25) is 5.02 Å². The van der Waals surface area contributed by atoms with Crippen molar-refractivity contribution < 1.29 is 0 Å². The van der Waals surface area contributed by atoms with Gasteiger partial charge in [0.25, 0.3) is 0 Å². The Morgan fingerprint density at radius 3 is 3.00 bits per heavy atom. The van der Waals surface area contributed by atoms with Gasteiger partial charge in [-0.3, -0.25) is 0 Å². The van der Waals surface area contributed by atoms with Crippen LogP contribution < -0.4 is 5.43 Å². The van der Waals surface area contributed by atoms with Crippen LogP contribution in [0.25, 0.3) is 0 Å². The van der Waals surface area contributed by atoms with E-state index in [4.69, 9.17) is 11.6 Å². The predicted octanol–water partition coefficient (Wildman–Crippen LogP) is 2.42. The molecule has 0 spiro atoms. The van der Waals surface area contributed by atoms with Gasteiger partial charge in [-0.05, 0) is 13.0 Å². The number of nitrogens with one attached hydrogen (secondary N) is 1. The van der Waals surface area contributed by atoms with Gasteiger partial charge in [-0.25, -0.2) is 0 Å². The summed E-state index contributed by atoms with van der Waals surface area (Å²) in [6.45, 7) is 6.01. The van der Waals surface area contributed by atoms with E-state index < -0.39 is 0 Å². The molecular formula is C7H9ClN2S. The van der Waals surface area contributed by atoms with Crippen LogP contribution in [-0.4, -0.2) is 6.72 Å². The molecule has 0 amide bonds. The third kappa shape index (κ3) is 2.20. The molecule has 11 heavy (non-hydrogen) atoms. The van der Waals surface area contributed by atoms with Crippen molar-refractivity contribution in [2.75, 3.05) is 0 Å². The maximum Gasteiger partial charge on any atom is 0.0687 e. The number of thiophene rings is 1. The largest absolute Gasteiger partial charge is 0.305 e. The Morgan fingerprint density at radius 1 is 1.82 bits per heavy atom. The zero-order valence-electron chi connectivity index (χ0n) is 6.22. The molecule has 0 aliphatic heterocycles. The fourth-order valence-corrected chi connectivity index (χ4v) is 2.05. The van der Waals surface area contributed by atoms with Crippen molar-refractivity contribution in [1.29, 1.82) is 0 Å². The van der Waals surface area contributed by atoms with Crippen molar-refractivity contribution in [1.82, 2.24) is 5.43 Å². The molecule has 0 bridgehead atoms. The summed E-state index contributed by atoms with van der Waals surface area (Å²) in [6, 6.07) is 1.95. The zero-order valence-corrected chi connectivity index (χ0v) is 7.80. The Bertz CT molecular complexity index is 257. The first-order valence-corrected chi connectivity index (χ1v) is 4.37. The SMILES string of the molecule is C=NNCc1sc(C)cc1Cl.